The summed E-state index contributed by atoms with van der Waals surface area (Å²) in [6.07, 6.45) is 6.25. The first-order valence-electron chi connectivity index (χ1n) is 5.22. The average Bonchev–Trinajstić information content (AvgIpc) is 2.49. The lowest BCUT2D eigenvalue weighted by molar-refractivity contribution is -0.671. The standard InChI is InChI=1S/C13H17N2/c1-11-6-12(2)8-13(7-11)9-15-5-4-14(3)10-15/h4-8,10H,9H2,1-3H3/q+1. The first-order valence-corrected chi connectivity index (χ1v) is 5.22. The highest BCUT2D eigenvalue weighted by Gasteiger charge is 2.02. The van der Waals surface area contributed by atoms with Crippen molar-refractivity contribution >= 4 is 0 Å². The molecule has 0 saturated heterocycles. The van der Waals surface area contributed by atoms with Crippen LogP contribution in [0.15, 0.2) is 36.9 Å². The van der Waals surface area contributed by atoms with Gasteiger partial charge >= 0.3 is 0 Å². The van der Waals surface area contributed by atoms with Crippen molar-refractivity contribution in [2.24, 2.45) is 7.05 Å². The monoisotopic (exact) mass is 201 g/mol. The Morgan fingerprint density at radius 2 is 1.80 bits per heavy atom. The molecule has 0 spiro atoms. The fraction of sp³-hybridized carbons (Fsp3) is 0.308. The Morgan fingerprint density at radius 1 is 1.13 bits per heavy atom. The van der Waals surface area contributed by atoms with Crippen LogP contribution in [0, 0.1) is 13.8 Å². The molecule has 15 heavy (non-hydrogen) atoms. The molecular formula is C13H17N2+. The molecule has 0 saturated carbocycles. The Morgan fingerprint density at radius 3 is 2.33 bits per heavy atom. The van der Waals surface area contributed by atoms with Gasteiger partial charge in [0.05, 0.1) is 7.05 Å². The summed E-state index contributed by atoms with van der Waals surface area (Å²) in [4.78, 5) is 0. The Labute approximate surface area is 90.8 Å². The topological polar surface area (TPSA) is 8.81 Å². The third-order valence-corrected chi connectivity index (χ3v) is 2.47. The summed E-state index contributed by atoms with van der Waals surface area (Å²) in [5.74, 6) is 0. The van der Waals surface area contributed by atoms with Gasteiger partial charge in [-0.1, -0.05) is 29.3 Å². The van der Waals surface area contributed by atoms with E-state index in [4.69, 9.17) is 0 Å². The van der Waals surface area contributed by atoms with Crippen molar-refractivity contribution in [3.63, 3.8) is 0 Å². The van der Waals surface area contributed by atoms with Gasteiger partial charge in [0.15, 0.2) is 0 Å². The number of hydrogen-bond acceptors (Lipinski definition) is 0. The van der Waals surface area contributed by atoms with E-state index in [1.165, 1.54) is 16.7 Å². The van der Waals surface area contributed by atoms with Crippen LogP contribution in [-0.4, -0.2) is 4.57 Å². The van der Waals surface area contributed by atoms with E-state index in [-0.39, 0.29) is 0 Å². The fourth-order valence-electron chi connectivity index (χ4n) is 1.97. The van der Waals surface area contributed by atoms with Crippen LogP contribution in [0.2, 0.25) is 0 Å². The van der Waals surface area contributed by atoms with E-state index in [9.17, 15) is 0 Å². The number of nitrogens with zero attached hydrogens (tertiary/aromatic N) is 2. The van der Waals surface area contributed by atoms with Crippen LogP contribution in [0.5, 0.6) is 0 Å². The molecule has 2 aromatic rings. The Balaban J connectivity index is 2.24. The second-order valence-electron chi connectivity index (χ2n) is 4.25. The zero-order valence-corrected chi connectivity index (χ0v) is 9.57. The van der Waals surface area contributed by atoms with E-state index >= 15 is 0 Å². The van der Waals surface area contributed by atoms with Crippen molar-refractivity contribution in [1.29, 1.82) is 0 Å². The molecule has 0 aliphatic carbocycles. The highest BCUT2D eigenvalue weighted by atomic mass is 15.1. The second-order valence-corrected chi connectivity index (χ2v) is 4.25. The maximum atomic E-state index is 2.24. The van der Waals surface area contributed by atoms with Gasteiger partial charge in [0.1, 0.15) is 18.9 Å². The van der Waals surface area contributed by atoms with E-state index in [0.717, 1.165) is 6.54 Å². The molecule has 0 amide bonds. The van der Waals surface area contributed by atoms with Gasteiger partial charge in [0, 0.05) is 0 Å². The summed E-state index contributed by atoms with van der Waals surface area (Å²) < 4.78 is 4.25. The highest BCUT2D eigenvalue weighted by Crippen LogP contribution is 2.09. The van der Waals surface area contributed by atoms with Crippen molar-refractivity contribution in [3.05, 3.63) is 53.6 Å². The molecule has 0 unspecified atom stereocenters. The fourth-order valence-corrected chi connectivity index (χ4v) is 1.97. The number of aromatic nitrogens is 2. The predicted molar refractivity (Wildman–Crippen MR) is 60.6 cm³/mol. The number of hydrogen-bond donors (Lipinski definition) is 0. The molecule has 0 atom stereocenters. The SMILES string of the molecule is Cc1cc(C)cc(Cn2cc[n+](C)c2)c1. The van der Waals surface area contributed by atoms with Gasteiger partial charge in [-0.2, -0.15) is 0 Å². The van der Waals surface area contributed by atoms with Crippen LogP contribution in [0.1, 0.15) is 16.7 Å². The number of aryl methyl sites for hydroxylation is 3. The molecule has 0 fully saturated rings. The molecule has 1 aromatic carbocycles. The Hall–Kier alpha value is -1.57. The zero-order chi connectivity index (χ0) is 10.8. The summed E-state index contributed by atoms with van der Waals surface area (Å²) in [5.41, 5.74) is 4.03. The summed E-state index contributed by atoms with van der Waals surface area (Å²) in [5, 5.41) is 0. The van der Waals surface area contributed by atoms with Crippen LogP contribution in [0.3, 0.4) is 0 Å². The van der Waals surface area contributed by atoms with Crippen LogP contribution < -0.4 is 4.57 Å². The minimum absolute atomic E-state index is 0.948. The normalized spacial score (nSPS) is 10.6. The highest BCUT2D eigenvalue weighted by molar-refractivity contribution is 5.28. The first-order chi connectivity index (χ1) is 7.13. The third kappa shape index (κ3) is 2.46. The summed E-state index contributed by atoms with van der Waals surface area (Å²) >= 11 is 0. The first kappa shape index (κ1) is 9.97. The van der Waals surface area contributed by atoms with E-state index in [2.05, 4.69) is 59.9 Å². The van der Waals surface area contributed by atoms with Gasteiger partial charge in [-0.25, -0.2) is 9.13 Å². The zero-order valence-electron chi connectivity index (χ0n) is 9.57. The Kier molecular flexibility index (Phi) is 2.58. The largest absolute Gasteiger partial charge is 0.243 e. The molecule has 0 N–H and O–H groups in total. The van der Waals surface area contributed by atoms with Gasteiger partial charge in [0.2, 0.25) is 6.33 Å². The van der Waals surface area contributed by atoms with Crippen molar-refractivity contribution in [3.8, 4) is 0 Å². The maximum absolute atomic E-state index is 2.24. The van der Waals surface area contributed by atoms with Gasteiger partial charge in [0.25, 0.3) is 0 Å². The quantitative estimate of drug-likeness (QED) is 0.657. The summed E-state index contributed by atoms with van der Waals surface area (Å²) in [7, 11) is 2.04. The number of rotatable bonds is 2. The average molecular weight is 201 g/mol. The molecule has 0 aliphatic heterocycles. The maximum Gasteiger partial charge on any atom is 0.243 e. The number of imidazole rings is 1. The molecular weight excluding hydrogens is 184 g/mol. The van der Waals surface area contributed by atoms with Crippen molar-refractivity contribution in [2.45, 2.75) is 20.4 Å². The van der Waals surface area contributed by atoms with Gasteiger partial charge in [-0.15, -0.1) is 0 Å². The smallest absolute Gasteiger partial charge is 0.240 e. The van der Waals surface area contributed by atoms with Crippen LogP contribution in [0.4, 0.5) is 0 Å². The molecule has 78 valence electrons. The predicted octanol–water partition coefficient (Wildman–Crippen LogP) is 1.98. The van der Waals surface area contributed by atoms with Crippen molar-refractivity contribution in [2.75, 3.05) is 0 Å². The minimum atomic E-state index is 0.948. The molecule has 0 radical (unpaired) electrons. The lowest BCUT2D eigenvalue weighted by Gasteiger charge is -2.02. The van der Waals surface area contributed by atoms with E-state index in [0.29, 0.717) is 0 Å². The molecule has 2 heteroatoms. The van der Waals surface area contributed by atoms with E-state index in [1.807, 2.05) is 7.05 Å². The van der Waals surface area contributed by atoms with Gasteiger partial charge < -0.3 is 0 Å². The van der Waals surface area contributed by atoms with Crippen molar-refractivity contribution in [1.82, 2.24) is 4.57 Å². The van der Waals surface area contributed by atoms with E-state index in [1.54, 1.807) is 0 Å². The molecule has 1 heterocycles. The van der Waals surface area contributed by atoms with Gasteiger partial charge in [-0.3, -0.25) is 0 Å². The lowest BCUT2D eigenvalue weighted by atomic mass is 10.1. The summed E-state index contributed by atoms with van der Waals surface area (Å²) in [6, 6.07) is 6.69. The van der Waals surface area contributed by atoms with Crippen LogP contribution in [0.25, 0.3) is 0 Å². The van der Waals surface area contributed by atoms with Gasteiger partial charge in [-0.05, 0) is 19.4 Å². The second kappa shape index (κ2) is 3.89. The minimum Gasteiger partial charge on any atom is -0.240 e. The molecule has 2 rings (SSSR count). The number of benzene rings is 1. The third-order valence-electron chi connectivity index (χ3n) is 2.47. The lowest BCUT2D eigenvalue weighted by Crippen LogP contribution is -2.23. The summed E-state index contributed by atoms with van der Waals surface area (Å²) in [6.45, 7) is 5.24. The van der Waals surface area contributed by atoms with Crippen LogP contribution >= 0.6 is 0 Å². The molecule has 0 bridgehead atoms. The van der Waals surface area contributed by atoms with Crippen LogP contribution in [-0.2, 0) is 13.6 Å². The molecule has 1 aromatic heterocycles. The van der Waals surface area contributed by atoms with Crippen molar-refractivity contribution < 1.29 is 4.57 Å². The molecule has 2 nitrogen and oxygen atoms in total. The Bertz CT molecular complexity index is 449. The van der Waals surface area contributed by atoms with E-state index < -0.39 is 0 Å². The molecule has 0 aliphatic rings.